The van der Waals surface area contributed by atoms with Crippen LogP contribution in [0, 0.1) is 6.92 Å². The van der Waals surface area contributed by atoms with Gasteiger partial charge in [-0.15, -0.1) is 0 Å². The number of nitrogens with zero attached hydrogens (tertiary/aromatic N) is 3. The average molecular weight is 353 g/mol. The first-order valence-electron chi connectivity index (χ1n) is 8.62. The number of ether oxygens (including phenoxy) is 2. The third kappa shape index (κ3) is 3.93. The summed E-state index contributed by atoms with van der Waals surface area (Å²) in [5.41, 5.74) is 14.1. The van der Waals surface area contributed by atoms with Crippen molar-refractivity contribution in [1.29, 1.82) is 0 Å². The number of aromatic nitrogens is 3. The Morgan fingerprint density at radius 1 is 1.00 bits per heavy atom. The highest BCUT2D eigenvalue weighted by molar-refractivity contribution is 5.85. The second-order valence-corrected chi connectivity index (χ2v) is 5.93. The molecule has 0 spiro atoms. The van der Waals surface area contributed by atoms with E-state index in [1.807, 2.05) is 44.2 Å². The molecule has 0 atom stereocenters. The molecule has 2 aromatic heterocycles. The topological polar surface area (TPSA) is 109 Å². The summed E-state index contributed by atoms with van der Waals surface area (Å²) in [5, 5.41) is 1.00. The van der Waals surface area contributed by atoms with Crippen molar-refractivity contribution in [2.45, 2.75) is 26.7 Å². The van der Waals surface area contributed by atoms with Crippen molar-refractivity contribution in [3.8, 4) is 11.5 Å². The highest BCUT2D eigenvalue weighted by Gasteiger charge is 2.11. The zero-order valence-electron chi connectivity index (χ0n) is 15.0. The standard InChI is InChI=1S/C19H23N5O2/c1-3-14-17(18(20)24-19(21)23-14)26-10-6-9-25-16-11-12(2)22-15-8-5-4-7-13(15)16/h4-5,7-8,11H,3,6,9-10H2,1-2H3,(H4,20,21,23,24). The average Bonchev–Trinajstić information content (AvgIpc) is 2.62. The van der Waals surface area contributed by atoms with E-state index in [2.05, 4.69) is 15.0 Å². The van der Waals surface area contributed by atoms with Gasteiger partial charge >= 0.3 is 0 Å². The number of hydrogen-bond acceptors (Lipinski definition) is 7. The van der Waals surface area contributed by atoms with Crippen molar-refractivity contribution in [3.63, 3.8) is 0 Å². The molecule has 0 unspecified atom stereocenters. The van der Waals surface area contributed by atoms with E-state index in [-0.39, 0.29) is 11.8 Å². The number of aryl methyl sites for hydroxylation is 2. The minimum absolute atomic E-state index is 0.162. The number of benzene rings is 1. The highest BCUT2D eigenvalue weighted by Crippen LogP contribution is 2.26. The van der Waals surface area contributed by atoms with Gasteiger partial charge in [-0.05, 0) is 25.5 Å². The first kappa shape index (κ1) is 17.7. The molecular weight excluding hydrogens is 330 g/mol. The summed E-state index contributed by atoms with van der Waals surface area (Å²) >= 11 is 0. The Morgan fingerprint density at radius 3 is 2.58 bits per heavy atom. The van der Waals surface area contributed by atoms with Crippen molar-refractivity contribution in [2.75, 3.05) is 24.7 Å². The largest absolute Gasteiger partial charge is 0.493 e. The lowest BCUT2D eigenvalue weighted by Crippen LogP contribution is -2.11. The van der Waals surface area contributed by atoms with E-state index in [9.17, 15) is 0 Å². The molecule has 26 heavy (non-hydrogen) atoms. The Labute approximate surface area is 152 Å². The Bertz CT molecular complexity index is 914. The van der Waals surface area contributed by atoms with Gasteiger partial charge in [-0.25, -0.2) is 4.98 Å². The molecule has 0 aliphatic rings. The van der Waals surface area contributed by atoms with E-state index in [1.165, 1.54) is 0 Å². The maximum atomic E-state index is 5.94. The molecular formula is C19H23N5O2. The number of rotatable bonds is 7. The molecule has 0 saturated carbocycles. The van der Waals surface area contributed by atoms with E-state index in [0.717, 1.165) is 22.3 Å². The van der Waals surface area contributed by atoms with Crippen molar-refractivity contribution in [1.82, 2.24) is 15.0 Å². The minimum Gasteiger partial charge on any atom is -0.493 e. The molecule has 7 heteroatoms. The predicted molar refractivity (Wildman–Crippen MR) is 102 cm³/mol. The SMILES string of the molecule is CCc1nc(N)nc(N)c1OCCCOc1cc(C)nc2ccccc12. The monoisotopic (exact) mass is 353 g/mol. The number of para-hydroxylation sites is 1. The Hall–Kier alpha value is -3.09. The van der Waals surface area contributed by atoms with Crippen molar-refractivity contribution < 1.29 is 9.47 Å². The van der Waals surface area contributed by atoms with Gasteiger partial charge in [-0.1, -0.05) is 19.1 Å². The lowest BCUT2D eigenvalue weighted by atomic mass is 10.2. The Morgan fingerprint density at radius 2 is 1.77 bits per heavy atom. The fraction of sp³-hybridized carbons (Fsp3) is 0.316. The molecule has 0 aliphatic heterocycles. The number of pyridine rings is 1. The van der Waals surface area contributed by atoms with E-state index in [1.54, 1.807) is 0 Å². The fourth-order valence-corrected chi connectivity index (χ4v) is 2.74. The molecule has 3 rings (SSSR count). The number of nitrogen functional groups attached to an aromatic ring is 2. The molecule has 0 radical (unpaired) electrons. The molecule has 0 saturated heterocycles. The van der Waals surface area contributed by atoms with Crippen LogP contribution in [0.2, 0.25) is 0 Å². The van der Waals surface area contributed by atoms with Crippen LogP contribution in [0.1, 0.15) is 24.7 Å². The van der Waals surface area contributed by atoms with E-state index in [4.69, 9.17) is 20.9 Å². The van der Waals surface area contributed by atoms with Gasteiger partial charge in [-0.3, -0.25) is 4.98 Å². The Kier molecular flexibility index (Phi) is 5.36. The van der Waals surface area contributed by atoms with Crippen LogP contribution < -0.4 is 20.9 Å². The van der Waals surface area contributed by atoms with E-state index in [0.29, 0.717) is 37.5 Å². The molecule has 4 N–H and O–H groups in total. The van der Waals surface area contributed by atoms with E-state index >= 15 is 0 Å². The summed E-state index contributed by atoms with van der Waals surface area (Å²) in [6.07, 6.45) is 1.37. The van der Waals surface area contributed by atoms with Crippen LogP contribution in [-0.2, 0) is 6.42 Å². The zero-order valence-corrected chi connectivity index (χ0v) is 15.0. The van der Waals surface area contributed by atoms with Gasteiger partial charge in [0.2, 0.25) is 5.95 Å². The van der Waals surface area contributed by atoms with Crippen LogP contribution in [0.5, 0.6) is 11.5 Å². The molecule has 0 aliphatic carbocycles. The highest BCUT2D eigenvalue weighted by atomic mass is 16.5. The van der Waals surface area contributed by atoms with Crippen LogP contribution in [0.15, 0.2) is 30.3 Å². The van der Waals surface area contributed by atoms with Crippen LogP contribution in [-0.4, -0.2) is 28.2 Å². The predicted octanol–water partition coefficient (Wildman–Crippen LogP) is 2.91. The molecule has 0 bridgehead atoms. The summed E-state index contributed by atoms with van der Waals surface area (Å²) < 4.78 is 11.7. The maximum Gasteiger partial charge on any atom is 0.222 e. The molecule has 3 aromatic rings. The lowest BCUT2D eigenvalue weighted by Gasteiger charge is -2.13. The minimum atomic E-state index is 0.162. The molecule has 2 heterocycles. The van der Waals surface area contributed by atoms with Gasteiger partial charge in [0, 0.05) is 23.6 Å². The third-order valence-corrected chi connectivity index (χ3v) is 3.91. The maximum absolute atomic E-state index is 5.94. The Balaban J connectivity index is 1.59. The van der Waals surface area contributed by atoms with Gasteiger partial charge < -0.3 is 20.9 Å². The lowest BCUT2D eigenvalue weighted by molar-refractivity contribution is 0.247. The van der Waals surface area contributed by atoms with E-state index < -0.39 is 0 Å². The normalized spacial score (nSPS) is 10.8. The number of fused-ring (bicyclic) bond motifs is 1. The second-order valence-electron chi connectivity index (χ2n) is 5.93. The molecule has 7 nitrogen and oxygen atoms in total. The summed E-state index contributed by atoms with van der Waals surface area (Å²) in [7, 11) is 0. The second kappa shape index (κ2) is 7.86. The van der Waals surface area contributed by atoms with Crippen LogP contribution in [0.25, 0.3) is 10.9 Å². The van der Waals surface area contributed by atoms with Crippen molar-refractivity contribution in [3.05, 3.63) is 41.7 Å². The summed E-state index contributed by atoms with van der Waals surface area (Å²) in [4.78, 5) is 12.6. The summed E-state index contributed by atoms with van der Waals surface area (Å²) in [6.45, 7) is 4.89. The van der Waals surface area contributed by atoms with Crippen LogP contribution in [0.4, 0.5) is 11.8 Å². The van der Waals surface area contributed by atoms with Crippen molar-refractivity contribution >= 4 is 22.7 Å². The summed E-state index contributed by atoms with van der Waals surface area (Å²) in [5.74, 6) is 1.77. The number of anilines is 2. The first-order valence-corrected chi connectivity index (χ1v) is 8.62. The van der Waals surface area contributed by atoms with Gasteiger partial charge in [0.05, 0.1) is 24.4 Å². The van der Waals surface area contributed by atoms with Gasteiger partial charge in [-0.2, -0.15) is 4.98 Å². The smallest absolute Gasteiger partial charge is 0.222 e. The molecule has 0 amide bonds. The van der Waals surface area contributed by atoms with Gasteiger partial charge in [0.15, 0.2) is 11.6 Å². The van der Waals surface area contributed by atoms with Crippen molar-refractivity contribution in [2.24, 2.45) is 0 Å². The summed E-state index contributed by atoms with van der Waals surface area (Å²) in [6, 6.07) is 9.88. The zero-order chi connectivity index (χ0) is 18.5. The van der Waals surface area contributed by atoms with Crippen LogP contribution >= 0.6 is 0 Å². The number of nitrogens with two attached hydrogens (primary N) is 2. The third-order valence-electron chi connectivity index (χ3n) is 3.91. The molecule has 136 valence electrons. The quantitative estimate of drug-likeness (QED) is 0.628. The molecule has 0 fully saturated rings. The number of hydrogen-bond donors (Lipinski definition) is 2. The van der Waals surface area contributed by atoms with Gasteiger partial charge in [0.1, 0.15) is 5.75 Å². The van der Waals surface area contributed by atoms with Gasteiger partial charge in [0.25, 0.3) is 0 Å². The first-order chi connectivity index (χ1) is 12.6. The van der Waals surface area contributed by atoms with Crippen LogP contribution in [0.3, 0.4) is 0 Å². The molecule has 1 aromatic carbocycles. The fourth-order valence-electron chi connectivity index (χ4n) is 2.74.